The van der Waals surface area contributed by atoms with Gasteiger partial charge >= 0.3 is 0 Å². The van der Waals surface area contributed by atoms with E-state index in [0.29, 0.717) is 0 Å². The molecule has 0 bridgehead atoms. The van der Waals surface area contributed by atoms with Gasteiger partial charge in [0.25, 0.3) is 0 Å². The molecule has 1 aromatic rings. The standard InChI is InChI=1S/C10H11N2/c1-12-6-4-10(8-12)9-3-2-5-11-7-9/h2-5,7H,1,6,8H2/q-1. The number of rotatable bonds is 1. The molecular weight excluding hydrogens is 148 g/mol. The van der Waals surface area contributed by atoms with E-state index >= 15 is 0 Å². The highest BCUT2D eigenvalue weighted by Crippen LogP contribution is 2.18. The highest BCUT2D eigenvalue weighted by molar-refractivity contribution is 5.68. The van der Waals surface area contributed by atoms with Gasteiger partial charge in [-0.1, -0.05) is 12.1 Å². The van der Waals surface area contributed by atoms with Crippen LogP contribution >= 0.6 is 0 Å². The van der Waals surface area contributed by atoms with E-state index in [1.165, 1.54) is 11.1 Å². The number of hydrogen-bond acceptors (Lipinski definition) is 2. The molecule has 0 fully saturated rings. The Morgan fingerprint density at radius 1 is 1.50 bits per heavy atom. The van der Waals surface area contributed by atoms with E-state index in [-0.39, 0.29) is 0 Å². The van der Waals surface area contributed by atoms with Crippen molar-refractivity contribution in [3.63, 3.8) is 0 Å². The Morgan fingerprint density at radius 3 is 3.00 bits per heavy atom. The monoisotopic (exact) mass is 159 g/mol. The van der Waals surface area contributed by atoms with Crippen molar-refractivity contribution in [2.45, 2.75) is 0 Å². The molecule has 1 aromatic heterocycles. The number of pyridine rings is 1. The molecule has 1 aliphatic heterocycles. The van der Waals surface area contributed by atoms with Gasteiger partial charge in [0.2, 0.25) is 0 Å². The second kappa shape index (κ2) is 3.07. The molecule has 0 radical (unpaired) electrons. The van der Waals surface area contributed by atoms with Gasteiger partial charge in [-0.15, -0.1) is 0 Å². The lowest BCUT2D eigenvalue weighted by atomic mass is 10.1. The van der Waals surface area contributed by atoms with Crippen molar-refractivity contribution >= 4 is 5.57 Å². The molecule has 0 N–H and O–H groups in total. The molecular formula is C10H11N2-. The molecule has 0 saturated carbocycles. The zero-order chi connectivity index (χ0) is 8.39. The molecule has 12 heavy (non-hydrogen) atoms. The van der Waals surface area contributed by atoms with Crippen LogP contribution in [-0.4, -0.2) is 23.0 Å². The van der Waals surface area contributed by atoms with E-state index in [4.69, 9.17) is 0 Å². The van der Waals surface area contributed by atoms with Crippen LogP contribution in [0, 0.1) is 7.05 Å². The largest absolute Gasteiger partial charge is 0.452 e. The third-order valence-corrected chi connectivity index (χ3v) is 2.02. The highest BCUT2D eigenvalue weighted by Gasteiger charge is 2.06. The molecule has 62 valence electrons. The molecule has 2 rings (SSSR count). The van der Waals surface area contributed by atoms with E-state index < -0.39 is 0 Å². The summed E-state index contributed by atoms with van der Waals surface area (Å²) >= 11 is 0. The van der Waals surface area contributed by atoms with Crippen LogP contribution in [0.5, 0.6) is 0 Å². The van der Waals surface area contributed by atoms with Gasteiger partial charge in [-0.2, -0.15) is 0 Å². The first-order valence-corrected chi connectivity index (χ1v) is 4.01. The van der Waals surface area contributed by atoms with E-state index in [1.54, 1.807) is 6.20 Å². The molecule has 0 aromatic carbocycles. The summed E-state index contributed by atoms with van der Waals surface area (Å²) in [6.45, 7) is 1.88. The van der Waals surface area contributed by atoms with Crippen molar-refractivity contribution in [3.8, 4) is 0 Å². The fourth-order valence-corrected chi connectivity index (χ4v) is 1.37. The van der Waals surface area contributed by atoms with E-state index in [1.807, 2.05) is 17.2 Å². The lowest BCUT2D eigenvalue weighted by Crippen LogP contribution is -2.10. The van der Waals surface area contributed by atoms with Crippen LogP contribution in [0.1, 0.15) is 5.56 Å². The van der Waals surface area contributed by atoms with Gasteiger partial charge in [0.15, 0.2) is 0 Å². The molecule has 0 saturated heterocycles. The van der Waals surface area contributed by atoms with Crippen molar-refractivity contribution in [2.75, 3.05) is 13.1 Å². The first kappa shape index (κ1) is 7.50. The zero-order valence-corrected chi connectivity index (χ0v) is 6.90. The van der Waals surface area contributed by atoms with Crippen molar-refractivity contribution in [3.05, 3.63) is 43.2 Å². The van der Waals surface area contributed by atoms with Crippen molar-refractivity contribution in [1.29, 1.82) is 0 Å². The Balaban J connectivity index is 2.22. The molecule has 0 atom stereocenters. The third kappa shape index (κ3) is 1.38. The molecule has 0 spiro atoms. The summed E-state index contributed by atoms with van der Waals surface area (Å²) in [5.74, 6) is 0. The maximum atomic E-state index is 4.07. The summed E-state index contributed by atoms with van der Waals surface area (Å²) in [5, 5.41) is 0. The summed E-state index contributed by atoms with van der Waals surface area (Å²) in [4.78, 5) is 6.10. The summed E-state index contributed by atoms with van der Waals surface area (Å²) in [5.41, 5.74) is 2.54. The molecule has 0 aliphatic carbocycles. The predicted molar refractivity (Wildman–Crippen MR) is 49.1 cm³/mol. The van der Waals surface area contributed by atoms with E-state index in [2.05, 4.69) is 24.2 Å². The average molecular weight is 159 g/mol. The van der Waals surface area contributed by atoms with Gasteiger partial charge in [-0.3, -0.25) is 12.0 Å². The average Bonchev–Trinajstić information content (AvgIpc) is 2.54. The smallest absolute Gasteiger partial charge is 0.0343 e. The number of aromatic nitrogens is 1. The normalized spacial score (nSPS) is 17.9. The van der Waals surface area contributed by atoms with Crippen LogP contribution in [0.3, 0.4) is 0 Å². The van der Waals surface area contributed by atoms with Crippen molar-refractivity contribution in [1.82, 2.24) is 9.88 Å². The highest BCUT2D eigenvalue weighted by atomic mass is 15.1. The summed E-state index contributed by atoms with van der Waals surface area (Å²) in [6, 6.07) is 4.04. The Kier molecular flexibility index (Phi) is 1.92. The Labute approximate surface area is 72.5 Å². The Hall–Kier alpha value is -1.15. The minimum absolute atomic E-state index is 0.936. The first-order chi connectivity index (χ1) is 5.86. The van der Waals surface area contributed by atoms with Gasteiger partial charge in [0.05, 0.1) is 0 Å². The van der Waals surface area contributed by atoms with E-state index in [9.17, 15) is 0 Å². The van der Waals surface area contributed by atoms with Crippen LogP contribution in [-0.2, 0) is 0 Å². The third-order valence-electron chi connectivity index (χ3n) is 2.02. The van der Waals surface area contributed by atoms with Gasteiger partial charge in [0, 0.05) is 12.4 Å². The number of nitrogens with zero attached hydrogens (tertiary/aromatic N) is 2. The van der Waals surface area contributed by atoms with Crippen molar-refractivity contribution < 1.29 is 0 Å². The van der Waals surface area contributed by atoms with Crippen LogP contribution < -0.4 is 0 Å². The second-order valence-electron chi connectivity index (χ2n) is 2.98. The number of hydrogen-bond donors (Lipinski definition) is 0. The van der Waals surface area contributed by atoms with Gasteiger partial charge in [-0.25, -0.2) is 0 Å². The molecule has 2 nitrogen and oxygen atoms in total. The van der Waals surface area contributed by atoms with Crippen LogP contribution in [0.15, 0.2) is 30.6 Å². The Bertz CT molecular complexity index is 290. The van der Waals surface area contributed by atoms with Gasteiger partial charge < -0.3 is 4.90 Å². The van der Waals surface area contributed by atoms with Crippen LogP contribution in [0.4, 0.5) is 0 Å². The predicted octanol–water partition coefficient (Wildman–Crippen LogP) is 1.57. The first-order valence-electron chi connectivity index (χ1n) is 4.01. The SMILES string of the molecule is [CH2-]N1CC=C(c2cccnc2)C1. The molecule has 1 aliphatic rings. The maximum absolute atomic E-state index is 4.07. The van der Waals surface area contributed by atoms with Crippen LogP contribution in [0.2, 0.25) is 0 Å². The topological polar surface area (TPSA) is 16.1 Å². The summed E-state index contributed by atoms with van der Waals surface area (Å²) in [7, 11) is 3.87. The fraction of sp³-hybridized carbons (Fsp3) is 0.200. The molecule has 2 heterocycles. The lowest BCUT2D eigenvalue weighted by Gasteiger charge is -2.16. The van der Waals surface area contributed by atoms with Crippen molar-refractivity contribution in [2.24, 2.45) is 0 Å². The van der Waals surface area contributed by atoms with Gasteiger partial charge in [-0.05, 0) is 30.3 Å². The molecule has 2 heteroatoms. The lowest BCUT2D eigenvalue weighted by molar-refractivity contribution is 0.484. The minimum atomic E-state index is 0.936. The van der Waals surface area contributed by atoms with E-state index in [0.717, 1.165) is 13.1 Å². The fourth-order valence-electron chi connectivity index (χ4n) is 1.37. The Morgan fingerprint density at radius 2 is 2.42 bits per heavy atom. The zero-order valence-electron chi connectivity index (χ0n) is 6.90. The second-order valence-corrected chi connectivity index (χ2v) is 2.98. The minimum Gasteiger partial charge on any atom is -0.452 e. The maximum Gasteiger partial charge on any atom is 0.0343 e. The van der Waals surface area contributed by atoms with Gasteiger partial charge in [0.1, 0.15) is 0 Å². The molecule has 0 amide bonds. The summed E-state index contributed by atoms with van der Waals surface area (Å²) in [6.07, 6.45) is 5.88. The molecule has 0 unspecified atom stereocenters. The van der Waals surface area contributed by atoms with Crippen LogP contribution in [0.25, 0.3) is 5.57 Å². The summed E-state index contributed by atoms with van der Waals surface area (Å²) < 4.78 is 0. The quantitative estimate of drug-likeness (QED) is 0.578.